The van der Waals surface area contributed by atoms with Gasteiger partial charge in [-0.15, -0.1) is 0 Å². The Labute approximate surface area is 152 Å². The van der Waals surface area contributed by atoms with E-state index in [1.165, 1.54) is 30.6 Å². The van der Waals surface area contributed by atoms with Crippen LogP contribution in [-0.4, -0.2) is 15.9 Å². The molecule has 3 aromatic rings. The van der Waals surface area contributed by atoms with E-state index in [0.29, 0.717) is 21.6 Å². The van der Waals surface area contributed by atoms with Gasteiger partial charge in [-0.3, -0.25) is 4.79 Å². The number of nitrogens with zero attached hydrogens (tertiary/aromatic N) is 2. The third kappa shape index (κ3) is 4.43. The molecule has 126 valence electrons. The van der Waals surface area contributed by atoms with E-state index in [1.54, 1.807) is 24.3 Å². The van der Waals surface area contributed by atoms with Crippen LogP contribution in [0.25, 0.3) is 0 Å². The van der Waals surface area contributed by atoms with E-state index in [9.17, 15) is 9.18 Å². The lowest BCUT2D eigenvalue weighted by Gasteiger charge is -2.08. The Hall–Kier alpha value is -2.70. The highest BCUT2D eigenvalue weighted by Crippen LogP contribution is 2.24. The maximum atomic E-state index is 13.6. The summed E-state index contributed by atoms with van der Waals surface area (Å²) in [5.41, 5.74) is 0.762. The number of aromatic nitrogens is 2. The molecule has 5 nitrogen and oxygen atoms in total. The molecule has 0 aliphatic rings. The van der Waals surface area contributed by atoms with Crippen molar-refractivity contribution in [1.29, 1.82) is 0 Å². The van der Waals surface area contributed by atoms with Gasteiger partial charge in [-0.2, -0.15) is 0 Å². The number of hydrogen-bond acceptors (Lipinski definition) is 4. The number of amides is 1. The molecular formula is C17H11Cl2FN4O. The van der Waals surface area contributed by atoms with Crippen molar-refractivity contribution in [2.45, 2.75) is 0 Å². The van der Waals surface area contributed by atoms with Crippen LogP contribution in [0.3, 0.4) is 0 Å². The van der Waals surface area contributed by atoms with Crippen LogP contribution < -0.4 is 10.6 Å². The summed E-state index contributed by atoms with van der Waals surface area (Å²) in [5.74, 6) is -0.685. The maximum absolute atomic E-state index is 13.6. The Morgan fingerprint density at radius 1 is 1.00 bits per heavy atom. The Kier molecular flexibility index (Phi) is 5.11. The van der Waals surface area contributed by atoms with Crippen molar-refractivity contribution in [1.82, 2.24) is 9.97 Å². The molecule has 0 aliphatic heterocycles. The molecule has 0 atom stereocenters. The minimum absolute atomic E-state index is 0.0536. The number of carbonyl (C=O) groups is 1. The Balaban J connectivity index is 1.71. The van der Waals surface area contributed by atoms with Gasteiger partial charge in [0.15, 0.2) is 0 Å². The van der Waals surface area contributed by atoms with Crippen molar-refractivity contribution in [3.05, 3.63) is 76.4 Å². The molecule has 25 heavy (non-hydrogen) atoms. The van der Waals surface area contributed by atoms with Crippen LogP contribution in [0.5, 0.6) is 0 Å². The normalized spacial score (nSPS) is 10.4. The standard InChI is InChI=1S/C17H11Cl2FN4O/c18-10-5-11(19)7-12(6-10)23-16-9-21-15(8-22-16)17(25)24-14-4-2-1-3-13(14)20/h1-9H,(H,22,23)(H,24,25). The van der Waals surface area contributed by atoms with Crippen LogP contribution in [0.1, 0.15) is 10.5 Å². The average molecular weight is 377 g/mol. The first kappa shape index (κ1) is 17.1. The van der Waals surface area contributed by atoms with Gasteiger partial charge < -0.3 is 10.6 Å². The van der Waals surface area contributed by atoms with Gasteiger partial charge in [-0.25, -0.2) is 14.4 Å². The molecule has 0 unspecified atom stereocenters. The Bertz CT molecular complexity index is 899. The number of anilines is 3. The van der Waals surface area contributed by atoms with Crippen molar-refractivity contribution in [2.75, 3.05) is 10.6 Å². The number of benzene rings is 2. The number of carbonyl (C=O) groups excluding carboxylic acids is 1. The van der Waals surface area contributed by atoms with E-state index in [1.807, 2.05) is 0 Å². The SMILES string of the molecule is O=C(Nc1ccccc1F)c1cnc(Nc2cc(Cl)cc(Cl)c2)cn1. The fraction of sp³-hybridized carbons (Fsp3) is 0. The quantitative estimate of drug-likeness (QED) is 0.678. The maximum Gasteiger partial charge on any atom is 0.275 e. The molecule has 0 aliphatic carbocycles. The van der Waals surface area contributed by atoms with Gasteiger partial charge >= 0.3 is 0 Å². The summed E-state index contributed by atoms with van der Waals surface area (Å²) in [7, 11) is 0. The first-order chi connectivity index (χ1) is 12.0. The van der Waals surface area contributed by atoms with Gasteiger partial charge in [-0.1, -0.05) is 35.3 Å². The molecule has 0 fully saturated rings. The van der Waals surface area contributed by atoms with E-state index in [-0.39, 0.29) is 11.4 Å². The molecule has 0 saturated heterocycles. The van der Waals surface area contributed by atoms with Crippen molar-refractivity contribution >= 4 is 46.3 Å². The van der Waals surface area contributed by atoms with Crippen LogP contribution in [-0.2, 0) is 0 Å². The number of para-hydroxylation sites is 1. The summed E-state index contributed by atoms with van der Waals surface area (Å²) in [6.45, 7) is 0. The molecule has 8 heteroatoms. The summed E-state index contributed by atoms with van der Waals surface area (Å²) >= 11 is 11.9. The third-order valence-corrected chi connectivity index (χ3v) is 3.58. The first-order valence-electron chi connectivity index (χ1n) is 7.12. The molecular weight excluding hydrogens is 366 g/mol. The Morgan fingerprint density at radius 2 is 1.72 bits per heavy atom. The fourth-order valence-electron chi connectivity index (χ4n) is 2.03. The Morgan fingerprint density at radius 3 is 2.36 bits per heavy atom. The highest BCUT2D eigenvalue weighted by molar-refractivity contribution is 6.35. The summed E-state index contributed by atoms with van der Waals surface area (Å²) in [5, 5.41) is 6.37. The van der Waals surface area contributed by atoms with E-state index in [2.05, 4.69) is 20.6 Å². The molecule has 1 heterocycles. The van der Waals surface area contributed by atoms with Gasteiger partial charge in [0.05, 0.1) is 18.1 Å². The lowest BCUT2D eigenvalue weighted by atomic mass is 10.3. The number of hydrogen-bond donors (Lipinski definition) is 2. The second-order valence-electron chi connectivity index (χ2n) is 5.00. The predicted molar refractivity (Wildman–Crippen MR) is 96.1 cm³/mol. The number of halogens is 3. The molecule has 0 bridgehead atoms. The zero-order chi connectivity index (χ0) is 17.8. The molecule has 2 aromatic carbocycles. The van der Waals surface area contributed by atoms with Crippen LogP contribution in [0, 0.1) is 5.82 Å². The molecule has 2 N–H and O–H groups in total. The molecule has 1 aromatic heterocycles. The second kappa shape index (κ2) is 7.46. The van der Waals surface area contributed by atoms with Crippen LogP contribution in [0.2, 0.25) is 10.0 Å². The second-order valence-corrected chi connectivity index (χ2v) is 5.88. The van der Waals surface area contributed by atoms with Gasteiger partial charge in [0.25, 0.3) is 5.91 Å². The van der Waals surface area contributed by atoms with Crippen molar-refractivity contribution in [3.8, 4) is 0 Å². The van der Waals surface area contributed by atoms with Gasteiger partial charge in [-0.05, 0) is 30.3 Å². The largest absolute Gasteiger partial charge is 0.339 e. The van der Waals surface area contributed by atoms with Gasteiger partial charge in [0, 0.05) is 15.7 Å². The van der Waals surface area contributed by atoms with E-state index < -0.39 is 11.7 Å². The predicted octanol–water partition coefficient (Wildman–Crippen LogP) is 4.92. The van der Waals surface area contributed by atoms with Crippen molar-refractivity contribution in [3.63, 3.8) is 0 Å². The van der Waals surface area contributed by atoms with E-state index in [0.717, 1.165) is 0 Å². The summed E-state index contributed by atoms with van der Waals surface area (Å²) in [6.07, 6.45) is 2.66. The third-order valence-electron chi connectivity index (χ3n) is 3.14. The molecule has 0 radical (unpaired) electrons. The van der Waals surface area contributed by atoms with Crippen molar-refractivity contribution < 1.29 is 9.18 Å². The van der Waals surface area contributed by atoms with E-state index in [4.69, 9.17) is 23.2 Å². The zero-order valence-corrected chi connectivity index (χ0v) is 14.1. The van der Waals surface area contributed by atoms with Crippen LogP contribution in [0.15, 0.2) is 54.9 Å². The fourth-order valence-corrected chi connectivity index (χ4v) is 2.56. The molecule has 1 amide bonds. The smallest absolute Gasteiger partial charge is 0.275 e. The number of rotatable bonds is 4. The number of nitrogens with one attached hydrogen (secondary N) is 2. The van der Waals surface area contributed by atoms with Crippen molar-refractivity contribution in [2.24, 2.45) is 0 Å². The minimum Gasteiger partial charge on any atom is -0.339 e. The minimum atomic E-state index is -0.560. The average Bonchev–Trinajstić information content (AvgIpc) is 2.56. The monoisotopic (exact) mass is 376 g/mol. The summed E-state index contributed by atoms with van der Waals surface area (Å²) in [4.78, 5) is 20.2. The topological polar surface area (TPSA) is 66.9 Å². The highest BCUT2D eigenvalue weighted by Gasteiger charge is 2.11. The molecule has 3 rings (SSSR count). The summed E-state index contributed by atoms with van der Waals surface area (Å²) in [6, 6.07) is 10.8. The zero-order valence-electron chi connectivity index (χ0n) is 12.6. The van der Waals surface area contributed by atoms with Gasteiger partial charge in [0.1, 0.15) is 17.3 Å². The molecule has 0 saturated carbocycles. The van der Waals surface area contributed by atoms with Crippen LogP contribution in [0.4, 0.5) is 21.6 Å². The molecule has 0 spiro atoms. The summed E-state index contributed by atoms with van der Waals surface area (Å²) < 4.78 is 13.6. The lowest BCUT2D eigenvalue weighted by Crippen LogP contribution is -2.15. The van der Waals surface area contributed by atoms with Crippen LogP contribution >= 0.6 is 23.2 Å². The lowest BCUT2D eigenvalue weighted by molar-refractivity contribution is 0.102. The highest BCUT2D eigenvalue weighted by atomic mass is 35.5. The van der Waals surface area contributed by atoms with E-state index >= 15 is 0 Å². The first-order valence-corrected chi connectivity index (χ1v) is 7.88. The van der Waals surface area contributed by atoms with Gasteiger partial charge in [0.2, 0.25) is 0 Å².